The van der Waals surface area contributed by atoms with Crippen LogP contribution < -0.4 is 4.90 Å². The molecule has 2 aromatic heterocycles. The zero-order valence-corrected chi connectivity index (χ0v) is 18.4. The van der Waals surface area contributed by atoms with Gasteiger partial charge in [-0.05, 0) is 0 Å². The quantitative estimate of drug-likeness (QED) is 0.798. The Bertz CT molecular complexity index is 762. The fraction of sp³-hybridized carbons (Fsp3) is 0.714. The van der Waals surface area contributed by atoms with E-state index in [4.69, 9.17) is 14.5 Å². The maximum absolute atomic E-state index is 5.22. The number of aryl methyl sites for hydroxylation is 1. The third-order valence-electron chi connectivity index (χ3n) is 5.03. The summed E-state index contributed by atoms with van der Waals surface area (Å²) in [4.78, 5) is 19.0. The first kappa shape index (κ1) is 20.7. The van der Waals surface area contributed by atoms with E-state index in [9.17, 15) is 0 Å². The first-order chi connectivity index (χ1) is 13.1. The van der Waals surface area contributed by atoms with Gasteiger partial charge in [0.1, 0.15) is 11.6 Å². The van der Waals surface area contributed by atoms with Crippen LogP contribution in [0.4, 0.5) is 5.82 Å². The largest absolute Gasteiger partial charge is 0.354 e. The molecule has 0 unspecified atom stereocenters. The molecule has 0 saturated carbocycles. The van der Waals surface area contributed by atoms with Crippen molar-refractivity contribution in [3.05, 3.63) is 29.3 Å². The van der Waals surface area contributed by atoms with E-state index in [1.807, 2.05) is 6.92 Å². The van der Waals surface area contributed by atoms with Gasteiger partial charge in [-0.2, -0.15) is 4.98 Å². The van der Waals surface area contributed by atoms with Crippen LogP contribution in [0.5, 0.6) is 0 Å². The Morgan fingerprint density at radius 3 is 2.14 bits per heavy atom. The fourth-order valence-electron chi connectivity index (χ4n) is 3.15. The molecule has 0 spiro atoms. The molecule has 0 N–H and O–H groups in total. The summed E-state index contributed by atoms with van der Waals surface area (Å²) in [6.45, 7) is 19.7. The van der Waals surface area contributed by atoms with Crippen LogP contribution in [-0.2, 0) is 23.8 Å². The highest BCUT2D eigenvalue weighted by atomic mass is 16.5. The predicted octanol–water partition coefficient (Wildman–Crippen LogP) is 3.34. The number of piperazine rings is 1. The first-order valence-electron chi connectivity index (χ1n) is 10.2. The second kappa shape index (κ2) is 7.78. The van der Waals surface area contributed by atoms with Gasteiger partial charge in [0.2, 0.25) is 5.89 Å². The Hall–Kier alpha value is -2.02. The van der Waals surface area contributed by atoms with Crippen molar-refractivity contribution >= 4 is 5.82 Å². The van der Waals surface area contributed by atoms with Gasteiger partial charge in [0.15, 0.2) is 5.82 Å². The lowest BCUT2D eigenvalue weighted by Gasteiger charge is -2.36. The van der Waals surface area contributed by atoms with Crippen LogP contribution in [0.1, 0.15) is 71.7 Å². The molecule has 1 saturated heterocycles. The molecule has 1 aliphatic heterocycles. The minimum absolute atomic E-state index is 0.00484. The van der Waals surface area contributed by atoms with E-state index in [0.29, 0.717) is 5.89 Å². The lowest BCUT2D eigenvalue weighted by Crippen LogP contribution is -2.46. The van der Waals surface area contributed by atoms with Gasteiger partial charge in [0.05, 0.1) is 12.2 Å². The minimum atomic E-state index is -0.0760. The molecule has 3 rings (SSSR count). The fourth-order valence-corrected chi connectivity index (χ4v) is 3.15. The van der Waals surface area contributed by atoms with Crippen LogP contribution in [0.25, 0.3) is 0 Å². The van der Waals surface area contributed by atoms with Gasteiger partial charge in [-0.3, -0.25) is 4.90 Å². The molecule has 3 heterocycles. The summed E-state index contributed by atoms with van der Waals surface area (Å²) in [6.07, 6.45) is 0.778. The number of hydrogen-bond acceptors (Lipinski definition) is 7. The number of aromatic nitrogens is 4. The summed E-state index contributed by atoms with van der Waals surface area (Å²) in [6, 6.07) is 2.16. The molecule has 7 heteroatoms. The van der Waals surface area contributed by atoms with Crippen molar-refractivity contribution in [2.24, 2.45) is 0 Å². The lowest BCUT2D eigenvalue weighted by atomic mass is 9.90. The highest BCUT2D eigenvalue weighted by Gasteiger charge is 2.26. The third-order valence-corrected chi connectivity index (χ3v) is 5.03. The van der Waals surface area contributed by atoms with Crippen LogP contribution in [0.2, 0.25) is 0 Å². The summed E-state index contributed by atoms with van der Waals surface area (Å²) >= 11 is 0. The Kier molecular flexibility index (Phi) is 5.75. The summed E-state index contributed by atoms with van der Waals surface area (Å²) in [7, 11) is 0. The van der Waals surface area contributed by atoms with E-state index in [2.05, 4.69) is 67.5 Å². The zero-order chi connectivity index (χ0) is 20.5. The lowest BCUT2D eigenvalue weighted by molar-refractivity contribution is 0.239. The Balaban J connectivity index is 1.72. The summed E-state index contributed by atoms with van der Waals surface area (Å²) < 4.78 is 5.22. The molecule has 7 nitrogen and oxygen atoms in total. The van der Waals surface area contributed by atoms with Crippen molar-refractivity contribution in [2.45, 2.75) is 72.3 Å². The SMILES string of the molecule is CCc1nc(CN2CCN(c3cc(C(C)(C)C)nc(C(C)(C)C)n3)CC2)no1. The molecule has 0 amide bonds. The van der Waals surface area contributed by atoms with E-state index in [1.165, 1.54) is 0 Å². The Labute approximate surface area is 168 Å². The maximum Gasteiger partial charge on any atom is 0.226 e. The van der Waals surface area contributed by atoms with E-state index in [-0.39, 0.29) is 10.8 Å². The summed E-state index contributed by atoms with van der Waals surface area (Å²) in [5.41, 5.74) is 1.02. The minimum Gasteiger partial charge on any atom is -0.354 e. The second-order valence-electron chi connectivity index (χ2n) is 9.66. The normalized spacial score (nSPS) is 16.6. The van der Waals surface area contributed by atoms with Crippen LogP contribution in [0.3, 0.4) is 0 Å². The molecule has 28 heavy (non-hydrogen) atoms. The van der Waals surface area contributed by atoms with Gasteiger partial charge < -0.3 is 9.42 Å². The molecule has 154 valence electrons. The van der Waals surface area contributed by atoms with Crippen molar-refractivity contribution in [1.82, 2.24) is 25.0 Å². The molecule has 0 aromatic carbocycles. The molecule has 0 aliphatic carbocycles. The molecule has 1 fully saturated rings. The highest BCUT2D eigenvalue weighted by Crippen LogP contribution is 2.28. The molecule has 2 aromatic rings. The molecule has 1 aliphatic rings. The van der Waals surface area contributed by atoms with Crippen molar-refractivity contribution in [3.8, 4) is 0 Å². The summed E-state index contributed by atoms with van der Waals surface area (Å²) in [5.74, 6) is 3.44. The van der Waals surface area contributed by atoms with Crippen molar-refractivity contribution < 1.29 is 4.52 Å². The average Bonchev–Trinajstić information content (AvgIpc) is 3.08. The van der Waals surface area contributed by atoms with Gasteiger partial charge in [0.25, 0.3) is 0 Å². The van der Waals surface area contributed by atoms with E-state index < -0.39 is 0 Å². The molecular formula is C21H34N6O. The topological polar surface area (TPSA) is 71.2 Å². The zero-order valence-electron chi connectivity index (χ0n) is 18.4. The number of rotatable bonds is 4. The number of anilines is 1. The van der Waals surface area contributed by atoms with Gasteiger partial charge in [-0.15, -0.1) is 0 Å². The number of hydrogen-bond donors (Lipinski definition) is 0. The van der Waals surface area contributed by atoms with E-state index >= 15 is 0 Å². The summed E-state index contributed by atoms with van der Waals surface area (Å²) in [5, 5.41) is 4.07. The molecule has 0 radical (unpaired) electrons. The smallest absolute Gasteiger partial charge is 0.226 e. The Morgan fingerprint density at radius 1 is 0.929 bits per heavy atom. The van der Waals surface area contributed by atoms with Gasteiger partial charge in [0, 0.05) is 49.5 Å². The third kappa shape index (κ3) is 4.87. The second-order valence-corrected chi connectivity index (χ2v) is 9.66. The van der Waals surface area contributed by atoms with Gasteiger partial charge in [-0.25, -0.2) is 9.97 Å². The Morgan fingerprint density at radius 2 is 1.61 bits per heavy atom. The van der Waals surface area contributed by atoms with Gasteiger partial charge in [-0.1, -0.05) is 53.6 Å². The number of nitrogens with zero attached hydrogens (tertiary/aromatic N) is 6. The monoisotopic (exact) mass is 386 g/mol. The van der Waals surface area contributed by atoms with Gasteiger partial charge >= 0.3 is 0 Å². The standard InChI is InChI=1S/C21H34N6O/c1-8-18-23-16(25-28-18)14-26-9-11-27(12-10-26)17-13-15(20(2,3)4)22-19(24-17)21(5,6)7/h13H,8-12,14H2,1-7H3. The van der Waals surface area contributed by atoms with Crippen LogP contribution in [0.15, 0.2) is 10.6 Å². The molecule has 0 atom stereocenters. The van der Waals surface area contributed by atoms with Crippen molar-refractivity contribution in [2.75, 3.05) is 31.1 Å². The van der Waals surface area contributed by atoms with E-state index in [1.54, 1.807) is 0 Å². The van der Waals surface area contributed by atoms with Crippen molar-refractivity contribution in [1.29, 1.82) is 0 Å². The highest BCUT2D eigenvalue weighted by molar-refractivity contribution is 5.42. The van der Waals surface area contributed by atoms with Crippen LogP contribution >= 0.6 is 0 Å². The maximum atomic E-state index is 5.22. The molecule has 0 bridgehead atoms. The molecular weight excluding hydrogens is 352 g/mol. The van der Waals surface area contributed by atoms with Crippen molar-refractivity contribution in [3.63, 3.8) is 0 Å². The van der Waals surface area contributed by atoms with E-state index in [0.717, 1.165) is 62.3 Å². The van der Waals surface area contributed by atoms with Crippen LogP contribution in [0, 0.1) is 0 Å². The first-order valence-corrected chi connectivity index (χ1v) is 10.2. The van der Waals surface area contributed by atoms with Crippen LogP contribution in [-0.4, -0.2) is 51.2 Å². The average molecular weight is 387 g/mol. The predicted molar refractivity (Wildman–Crippen MR) is 111 cm³/mol.